The van der Waals surface area contributed by atoms with Gasteiger partial charge in [0.25, 0.3) is 11.5 Å². The summed E-state index contributed by atoms with van der Waals surface area (Å²) in [5, 5.41) is 18.0. The minimum atomic E-state index is -0.996. The topological polar surface area (TPSA) is 111 Å². The largest absolute Gasteiger partial charge is 0.460 e. The van der Waals surface area contributed by atoms with Crippen molar-refractivity contribution in [3.63, 3.8) is 0 Å². The Kier molecular flexibility index (Phi) is 7.47. The lowest BCUT2D eigenvalue weighted by Gasteiger charge is -2.22. The molecule has 10 heteroatoms. The third kappa shape index (κ3) is 6.23. The third-order valence-electron chi connectivity index (χ3n) is 5.93. The summed E-state index contributed by atoms with van der Waals surface area (Å²) in [5.74, 6) is -2.37. The molecule has 2 N–H and O–H groups in total. The van der Waals surface area contributed by atoms with Crippen molar-refractivity contribution in [2.45, 2.75) is 51.4 Å². The van der Waals surface area contributed by atoms with Crippen molar-refractivity contribution in [1.29, 1.82) is 0 Å². The predicted molar refractivity (Wildman–Crippen MR) is 136 cm³/mol. The molecular weight excluding hydrogens is 501 g/mol. The van der Waals surface area contributed by atoms with Gasteiger partial charge in [-0.2, -0.15) is 9.78 Å². The Morgan fingerprint density at radius 2 is 1.84 bits per heavy atom. The average molecular weight is 528 g/mol. The molecule has 1 heterocycles. The summed E-state index contributed by atoms with van der Waals surface area (Å²) in [6.07, 6.45) is -0.709. The highest BCUT2D eigenvalue weighted by Crippen LogP contribution is 2.29. The van der Waals surface area contributed by atoms with E-state index < -0.39 is 46.9 Å². The van der Waals surface area contributed by atoms with Crippen molar-refractivity contribution in [3.05, 3.63) is 81.4 Å². The summed E-state index contributed by atoms with van der Waals surface area (Å²) in [5.41, 5.74) is -0.700. The van der Waals surface area contributed by atoms with Crippen molar-refractivity contribution < 1.29 is 23.8 Å². The van der Waals surface area contributed by atoms with Crippen molar-refractivity contribution in [3.8, 4) is 16.9 Å². The molecule has 0 spiro atoms. The van der Waals surface area contributed by atoms with Gasteiger partial charge in [-0.15, -0.1) is 0 Å². The standard InChI is InChI=1S/C27H27ClFN3O5/c1-27(2,3)37-26(36)16-11-22(23(33)12-16)30-24(34)20-14-21(15-7-9-17(28)10-8-15)31-32(25(20)35)19-6-4-5-18(29)13-19/h4-10,13-14,16,22-23,33H,11-12H2,1-3H3,(H,30,34)/t16?,22-,23+/m1/s1. The molecule has 0 aliphatic heterocycles. The van der Waals surface area contributed by atoms with Crippen LogP contribution in [0.25, 0.3) is 16.9 Å². The van der Waals surface area contributed by atoms with Crippen LogP contribution in [0.15, 0.2) is 59.4 Å². The molecule has 1 fully saturated rings. The van der Waals surface area contributed by atoms with Gasteiger partial charge in [-0.1, -0.05) is 29.8 Å². The van der Waals surface area contributed by atoms with Gasteiger partial charge in [0.05, 0.1) is 29.4 Å². The van der Waals surface area contributed by atoms with E-state index in [1.54, 1.807) is 45.0 Å². The average Bonchev–Trinajstić information content (AvgIpc) is 3.19. The molecule has 3 atom stereocenters. The summed E-state index contributed by atoms with van der Waals surface area (Å²) < 4.78 is 20.3. The number of nitrogens with one attached hydrogen (secondary N) is 1. The first-order chi connectivity index (χ1) is 17.4. The SMILES string of the molecule is CC(C)(C)OC(=O)C1C[C@H](O)[C@H](NC(=O)c2cc(-c3ccc(Cl)cc3)nn(-c3cccc(F)c3)c2=O)C1. The zero-order valence-corrected chi connectivity index (χ0v) is 21.3. The van der Waals surface area contributed by atoms with Gasteiger partial charge in [0.1, 0.15) is 17.0 Å². The predicted octanol–water partition coefficient (Wildman–Crippen LogP) is 3.90. The van der Waals surface area contributed by atoms with Crippen LogP contribution in [0, 0.1) is 11.7 Å². The fourth-order valence-electron chi connectivity index (χ4n) is 4.20. The summed E-state index contributed by atoms with van der Waals surface area (Å²) in [4.78, 5) is 39.1. The van der Waals surface area contributed by atoms with Crippen LogP contribution in [-0.2, 0) is 9.53 Å². The fraction of sp³-hybridized carbons (Fsp3) is 0.333. The highest BCUT2D eigenvalue weighted by atomic mass is 35.5. The molecule has 4 rings (SSSR count). The van der Waals surface area contributed by atoms with Gasteiger partial charge in [0.15, 0.2) is 0 Å². The molecule has 1 amide bonds. The number of aliphatic hydroxyl groups excluding tert-OH is 1. The second-order valence-corrected chi connectivity index (χ2v) is 10.4. The number of carbonyl (C=O) groups is 2. The first-order valence-electron chi connectivity index (χ1n) is 11.8. The Balaban J connectivity index is 1.67. The number of ether oxygens (including phenoxy) is 1. The van der Waals surface area contributed by atoms with Gasteiger partial charge < -0.3 is 15.2 Å². The second kappa shape index (κ2) is 10.4. The van der Waals surface area contributed by atoms with E-state index in [4.69, 9.17) is 16.3 Å². The van der Waals surface area contributed by atoms with E-state index in [1.165, 1.54) is 24.3 Å². The number of hydrogen-bond acceptors (Lipinski definition) is 6. The van der Waals surface area contributed by atoms with Crippen LogP contribution in [0.5, 0.6) is 0 Å². The van der Waals surface area contributed by atoms with Crippen LogP contribution in [0.3, 0.4) is 0 Å². The first-order valence-corrected chi connectivity index (χ1v) is 12.2. The van der Waals surface area contributed by atoms with Gasteiger partial charge in [0, 0.05) is 10.6 Å². The summed E-state index contributed by atoms with van der Waals surface area (Å²) in [6.45, 7) is 5.25. The second-order valence-electron chi connectivity index (χ2n) is 10.00. The van der Waals surface area contributed by atoms with Crippen LogP contribution >= 0.6 is 11.6 Å². The number of carbonyl (C=O) groups excluding carboxylic acids is 2. The van der Waals surface area contributed by atoms with E-state index >= 15 is 0 Å². The maximum atomic E-state index is 13.9. The Bertz CT molecular complexity index is 1380. The molecular formula is C27H27ClFN3O5. The van der Waals surface area contributed by atoms with E-state index in [1.807, 2.05) is 0 Å². The normalized spacial score (nSPS) is 19.5. The minimum Gasteiger partial charge on any atom is -0.460 e. The number of halogens is 2. The van der Waals surface area contributed by atoms with E-state index in [0.717, 1.165) is 10.7 Å². The number of hydrogen-bond donors (Lipinski definition) is 2. The minimum absolute atomic E-state index is 0.125. The molecule has 0 saturated heterocycles. The molecule has 1 aliphatic rings. The molecule has 1 unspecified atom stereocenters. The molecule has 8 nitrogen and oxygen atoms in total. The Morgan fingerprint density at radius 1 is 1.14 bits per heavy atom. The third-order valence-corrected chi connectivity index (χ3v) is 6.19. The lowest BCUT2D eigenvalue weighted by atomic mass is 10.1. The Labute approximate surface area is 218 Å². The van der Waals surface area contributed by atoms with Crippen molar-refractivity contribution in [2.75, 3.05) is 0 Å². The van der Waals surface area contributed by atoms with Crippen molar-refractivity contribution in [2.24, 2.45) is 5.92 Å². The molecule has 1 saturated carbocycles. The fourth-order valence-corrected chi connectivity index (χ4v) is 4.32. The molecule has 2 aromatic carbocycles. The van der Waals surface area contributed by atoms with Gasteiger partial charge in [0.2, 0.25) is 0 Å². The molecule has 194 valence electrons. The zero-order chi connectivity index (χ0) is 26.9. The maximum Gasteiger partial charge on any atom is 0.309 e. The summed E-state index contributed by atoms with van der Waals surface area (Å²) in [6, 6.07) is 12.5. The van der Waals surface area contributed by atoms with Gasteiger partial charge >= 0.3 is 5.97 Å². The summed E-state index contributed by atoms with van der Waals surface area (Å²) >= 11 is 5.99. The lowest BCUT2D eigenvalue weighted by molar-refractivity contribution is -0.160. The Morgan fingerprint density at radius 3 is 2.49 bits per heavy atom. The van der Waals surface area contributed by atoms with Crippen LogP contribution < -0.4 is 10.9 Å². The molecule has 37 heavy (non-hydrogen) atoms. The Hall–Kier alpha value is -3.56. The lowest BCUT2D eigenvalue weighted by Crippen LogP contribution is -2.43. The molecule has 0 radical (unpaired) electrons. The van der Waals surface area contributed by atoms with Crippen LogP contribution in [-0.4, -0.2) is 44.5 Å². The number of aromatic nitrogens is 2. The van der Waals surface area contributed by atoms with E-state index in [2.05, 4.69) is 10.4 Å². The van der Waals surface area contributed by atoms with Crippen LogP contribution in [0.2, 0.25) is 5.02 Å². The van der Waals surface area contributed by atoms with Crippen LogP contribution in [0.4, 0.5) is 4.39 Å². The van der Waals surface area contributed by atoms with Crippen LogP contribution in [0.1, 0.15) is 44.0 Å². The number of benzene rings is 2. The quantitative estimate of drug-likeness (QED) is 0.487. The number of nitrogens with zero attached hydrogens (tertiary/aromatic N) is 2. The van der Waals surface area contributed by atoms with Gasteiger partial charge in [-0.3, -0.25) is 14.4 Å². The zero-order valence-electron chi connectivity index (χ0n) is 20.6. The van der Waals surface area contributed by atoms with Gasteiger partial charge in [-0.25, -0.2) is 4.39 Å². The molecule has 3 aromatic rings. The first kappa shape index (κ1) is 26.5. The molecule has 1 aromatic heterocycles. The molecule has 0 bridgehead atoms. The highest BCUT2D eigenvalue weighted by molar-refractivity contribution is 6.30. The summed E-state index contributed by atoms with van der Waals surface area (Å²) in [7, 11) is 0. The van der Waals surface area contributed by atoms with Crippen molar-refractivity contribution in [1.82, 2.24) is 15.1 Å². The van der Waals surface area contributed by atoms with E-state index in [-0.39, 0.29) is 29.8 Å². The number of rotatable bonds is 5. The van der Waals surface area contributed by atoms with E-state index in [9.17, 15) is 23.9 Å². The smallest absolute Gasteiger partial charge is 0.309 e. The van der Waals surface area contributed by atoms with Crippen molar-refractivity contribution >= 4 is 23.5 Å². The number of aliphatic hydroxyl groups is 1. The molecule has 1 aliphatic carbocycles. The number of esters is 1. The monoisotopic (exact) mass is 527 g/mol. The van der Waals surface area contributed by atoms with E-state index in [0.29, 0.717) is 10.6 Å². The highest BCUT2D eigenvalue weighted by Gasteiger charge is 2.40. The maximum absolute atomic E-state index is 13.9. The van der Waals surface area contributed by atoms with Gasteiger partial charge in [-0.05, 0) is 70.0 Å². The number of amides is 1.